The number of aryl methyl sites for hydroxylation is 1. The molecule has 1 saturated heterocycles. The van der Waals surface area contributed by atoms with Gasteiger partial charge in [0.1, 0.15) is 0 Å². The van der Waals surface area contributed by atoms with E-state index >= 15 is 0 Å². The molecule has 2 aromatic rings. The van der Waals surface area contributed by atoms with E-state index < -0.39 is 0 Å². The van der Waals surface area contributed by atoms with Crippen LogP contribution >= 0.6 is 11.3 Å². The van der Waals surface area contributed by atoms with Crippen LogP contribution in [0.15, 0.2) is 29.6 Å². The molecule has 0 aliphatic carbocycles. The van der Waals surface area contributed by atoms with Gasteiger partial charge < -0.3 is 10.2 Å². The lowest BCUT2D eigenvalue weighted by Gasteiger charge is -2.29. The standard InChI is InChI=1S/C18H23N3OS/c1-13-19-17(12-23-13)15-5-3-14(4-6-15)11-18(22)20-16-7-9-21(2)10-8-16/h3-6,12,16H,7-11H2,1-2H3,(H,20,22). The van der Waals surface area contributed by atoms with Crippen LogP contribution in [0.1, 0.15) is 23.4 Å². The number of piperidine rings is 1. The van der Waals surface area contributed by atoms with Crippen LogP contribution in [0.4, 0.5) is 0 Å². The average Bonchev–Trinajstić information content (AvgIpc) is 2.97. The Labute approximate surface area is 141 Å². The van der Waals surface area contributed by atoms with Crippen LogP contribution in [-0.4, -0.2) is 42.0 Å². The average molecular weight is 329 g/mol. The van der Waals surface area contributed by atoms with E-state index in [9.17, 15) is 4.79 Å². The minimum atomic E-state index is 0.122. The summed E-state index contributed by atoms with van der Waals surface area (Å²) in [5.74, 6) is 0.122. The molecular formula is C18H23N3OS. The Kier molecular flexibility index (Phi) is 5.08. The maximum absolute atomic E-state index is 12.2. The number of hydrogen-bond acceptors (Lipinski definition) is 4. The van der Waals surface area contributed by atoms with Crippen molar-refractivity contribution in [1.82, 2.24) is 15.2 Å². The Balaban J connectivity index is 1.54. The lowest BCUT2D eigenvalue weighted by molar-refractivity contribution is -0.121. The summed E-state index contributed by atoms with van der Waals surface area (Å²) in [7, 11) is 2.13. The number of aromatic nitrogens is 1. The van der Waals surface area contributed by atoms with Gasteiger partial charge in [0.15, 0.2) is 0 Å². The molecule has 1 aliphatic heterocycles. The van der Waals surface area contributed by atoms with Crippen molar-refractivity contribution in [3.8, 4) is 11.3 Å². The summed E-state index contributed by atoms with van der Waals surface area (Å²) in [5, 5.41) is 6.30. The van der Waals surface area contributed by atoms with Crippen LogP contribution in [0.5, 0.6) is 0 Å². The third kappa shape index (κ3) is 4.39. The lowest BCUT2D eigenvalue weighted by atomic mass is 10.0. The number of nitrogens with one attached hydrogen (secondary N) is 1. The molecule has 1 aliphatic rings. The Morgan fingerprint density at radius 2 is 2.00 bits per heavy atom. The first kappa shape index (κ1) is 16.1. The molecule has 1 aromatic carbocycles. The van der Waals surface area contributed by atoms with Crippen LogP contribution in [0.3, 0.4) is 0 Å². The number of nitrogens with zero attached hydrogens (tertiary/aromatic N) is 2. The molecule has 0 bridgehead atoms. The second-order valence-corrected chi connectivity index (χ2v) is 7.33. The van der Waals surface area contributed by atoms with E-state index in [2.05, 4.69) is 27.6 Å². The fourth-order valence-corrected chi connectivity index (χ4v) is 3.53. The molecule has 1 amide bonds. The molecule has 23 heavy (non-hydrogen) atoms. The molecule has 1 N–H and O–H groups in total. The highest BCUT2D eigenvalue weighted by Gasteiger charge is 2.18. The van der Waals surface area contributed by atoms with Gasteiger partial charge in [-0.05, 0) is 45.5 Å². The molecule has 5 heteroatoms. The molecule has 0 saturated carbocycles. The number of thiazole rings is 1. The molecule has 4 nitrogen and oxygen atoms in total. The monoisotopic (exact) mass is 329 g/mol. The van der Waals surface area contributed by atoms with Gasteiger partial charge in [-0.3, -0.25) is 4.79 Å². The van der Waals surface area contributed by atoms with Crippen molar-refractivity contribution >= 4 is 17.2 Å². The van der Waals surface area contributed by atoms with E-state index in [4.69, 9.17) is 0 Å². The third-order valence-corrected chi connectivity index (χ3v) is 5.09. The zero-order valence-corrected chi connectivity index (χ0v) is 14.5. The highest BCUT2D eigenvalue weighted by Crippen LogP contribution is 2.22. The Morgan fingerprint density at radius 3 is 2.61 bits per heavy atom. The van der Waals surface area contributed by atoms with Crippen LogP contribution < -0.4 is 5.32 Å². The predicted octanol–water partition coefficient (Wildman–Crippen LogP) is 2.87. The highest BCUT2D eigenvalue weighted by molar-refractivity contribution is 7.09. The lowest BCUT2D eigenvalue weighted by Crippen LogP contribution is -2.43. The summed E-state index contributed by atoms with van der Waals surface area (Å²) in [4.78, 5) is 19.0. The Morgan fingerprint density at radius 1 is 1.30 bits per heavy atom. The van der Waals surface area contributed by atoms with Gasteiger partial charge in [0.2, 0.25) is 5.91 Å². The number of carbonyl (C=O) groups excluding carboxylic acids is 1. The van der Waals surface area contributed by atoms with E-state index in [1.165, 1.54) is 0 Å². The first-order valence-electron chi connectivity index (χ1n) is 8.09. The number of carbonyl (C=O) groups is 1. The van der Waals surface area contributed by atoms with Gasteiger partial charge in [-0.15, -0.1) is 11.3 Å². The summed E-state index contributed by atoms with van der Waals surface area (Å²) in [6.45, 7) is 4.13. The molecule has 0 unspecified atom stereocenters. The SMILES string of the molecule is Cc1nc(-c2ccc(CC(=O)NC3CCN(C)CC3)cc2)cs1. The number of rotatable bonds is 4. The van der Waals surface area contributed by atoms with E-state index in [1.54, 1.807) is 11.3 Å². The highest BCUT2D eigenvalue weighted by atomic mass is 32.1. The molecule has 122 valence electrons. The van der Waals surface area contributed by atoms with Crippen molar-refractivity contribution in [2.24, 2.45) is 0 Å². The predicted molar refractivity (Wildman–Crippen MR) is 94.7 cm³/mol. The first-order valence-corrected chi connectivity index (χ1v) is 8.97. The molecule has 0 spiro atoms. The van der Waals surface area contributed by atoms with Crippen LogP contribution in [0.25, 0.3) is 11.3 Å². The smallest absolute Gasteiger partial charge is 0.224 e. The van der Waals surface area contributed by atoms with E-state index in [1.807, 2.05) is 31.2 Å². The van der Waals surface area contributed by atoms with Gasteiger partial charge in [-0.1, -0.05) is 24.3 Å². The van der Waals surface area contributed by atoms with E-state index in [-0.39, 0.29) is 5.91 Å². The minimum Gasteiger partial charge on any atom is -0.353 e. The molecule has 0 atom stereocenters. The summed E-state index contributed by atoms with van der Waals surface area (Å²) < 4.78 is 0. The summed E-state index contributed by atoms with van der Waals surface area (Å²) >= 11 is 1.65. The van der Waals surface area contributed by atoms with Gasteiger partial charge >= 0.3 is 0 Å². The molecule has 0 radical (unpaired) electrons. The van der Waals surface area contributed by atoms with Gasteiger partial charge in [0, 0.05) is 17.0 Å². The van der Waals surface area contributed by atoms with Crippen molar-refractivity contribution < 1.29 is 4.79 Å². The minimum absolute atomic E-state index is 0.122. The summed E-state index contributed by atoms with van der Waals surface area (Å²) in [5.41, 5.74) is 3.16. The van der Waals surface area contributed by atoms with Gasteiger partial charge in [-0.25, -0.2) is 4.98 Å². The molecule has 2 heterocycles. The van der Waals surface area contributed by atoms with Crippen LogP contribution in [0, 0.1) is 6.92 Å². The zero-order valence-electron chi connectivity index (χ0n) is 13.7. The maximum atomic E-state index is 12.2. The second-order valence-electron chi connectivity index (χ2n) is 6.27. The quantitative estimate of drug-likeness (QED) is 0.938. The fourth-order valence-electron chi connectivity index (χ4n) is 2.91. The Hall–Kier alpha value is -1.72. The van der Waals surface area contributed by atoms with E-state index in [0.717, 1.165) is 47.8 Å². The van der Waals surface area contributed by atoms with Crippen molar-refractivity contribution in [3.63, 3.8) is 0 Å². The largest absolute Gasteiger partial charge is 0.353 e. The first-order chi connectivity index (χ1) is 11.1. The summed E-state index contributed by atoms with van der Waals surface area (Å²) in [6.07, 6.45) is 2.54. The van der Waals surface area contributed by atoms with Crippen molar-refractivity contribution in [2.45, 2.75) is 32.2 Å². The van der Waals surface area contributed by atoms with Crippen molar-refractivity contribution in [1.29, 1.82) is 0 Å². The number of benzene rings is 1. The maximum Gasteiger partial charge on any atom is 0.224 e. The molecular weight excluding hydrogens is 306 g/mol. The van der Waals surface area contributed by atoms with Gasteiger partial charge in [0.25, 0.3) is 0 Å². The second kappa shape index (κ2) is 7.23. The number of likely N-dealkylation sites (tertiary alicyclic amines) is 1. The third-order valence-electron chi connectivity index (χ3n) is 4.32. The van der Waals surface area contributed by atoms with Crippen molar-refractivity contribution in [3.05, 3.63) is 40.2 Å². The number of hydrogen-bond donors (Lipinski definition) is 1. The topological polar surface area (TPSA) is 45.2 Å². The summed E-state index contributed by atoms with van der Waals surface area (Å²) in [6, 6.07) is 8.48. The normalized spacial score (nSPS) is 16.4. The zero-order chi connectivity index (χ0) is 16.2. The molecule has 3 rings (SSSR count). The number of amides is 1. The van der Waals surface area contributed by atoms with Crippen molar-refractivity contribution in [2.75, 3.05) is 20.1 Å². The van der Waals surface area contributed by atoms with E-state index in [0.29, 0.717) is 12.5 Å². The fraction of sp³-hybridized carbons (Fsp3) is 0.444. The van der Waals surface area contributed by atoms with Gasteiger partial charge in [-0.2, -0.15) is 0 Å². The van der Waals surface area contributed by atoms with Crippen LogP contribution in [-0.2, 0) is 11.2 Å². The van der Waals surface area contributed by atoms with Gasteiger partial charge in [0.05, 0.1) is 17.1 Å². The molecule has 1 aromatic heterocycles. The Bertz CT molecular complexity index is 657. The van der Waals surface area contributed by atoms with Crippen LogP contribution in [0.2, 0.25) is 0 Å². The molecule has 1 fully saturated rings.